The summed E-state index contributed by atoms with van der Waals surface area (Å²) in [6.07, 6.45) is 9.48. The first-order valence-electron chi connectivity index (χ1n) is 12.2. The largest absolute Gasteiger partial charge is 0.395 e. The molecule has 2 aliphatic rings. The molecule has 0 radical (unpaired) electrons. The number of hydrogen-bond acceptors (Lipinski definition) is 8. The van der Waals surface area contributed by atoms with Gasteiger partial charge in [-0.05, 0) is 43.2 Å². The molecule has 10 heteroatoms. The highest BCUT2D eigenvalue weighted by molar-refractivity contribution is 5.93. The molecule has 0 saturated carbocycles. The molecule has 5 heterocycles. The number of pyridine rings is 1. The number of aliphatic hydroxyl groups is 1. The monoisotopic (exact) mass is 473 g/mol. The van der Waals surface area contributed by atoms with Gasteiger partial charge in [0.2, 0.25) is 5.95 Å². The summed E-state index contributed by atoms with van der Waals surface area (Å²) in [7, 11) is 0. The number of anilines is 1. The summed E-state index contributed by atoms with van der Waals surface area (Å²) in [6.45, 7) is 6.23. The minimum Gasteiger partial charge on any atom is -0.395 e. The van der Waals surface area contributed by atoms with Crippen LogP contribution < -0.4 is 4.90 Å². The van der Waals surface area contributed by atoms with Crippen molar-refractivity contribution in [2.24, 2.45) is 0 Å². The molecular formula is C25H31N9O. The number of rotatable bonds is 7. The van der Waals surface area contributed by atoms with E-state index in [2.05, 4.69) is 29.7 Å². The van der Waals surface area contributed by atoms with E-state index in [4.69, 9.17) is 20.5 Å². The third-order valence-corrected chi connectivity index (χ3v) is 6.44. The van der Waals surface area contributed by atoms with E-state index < -0.39 is 0 Å². The van der Waals surface area contributed by atoms with Crippen LogP contribution in [0.25, 0.3) is 28.9 Å². The molecule has 3 N–H and O–H groups in total. The minimum absolute atomic E-state index is 0.185. The van der Waals surface area contributed by atoms with Crippen molar-refractivity contribution >= 4 is 17.9 Å². The van der Waals surface area contributed by atoms with Crippen LogP contribution >= 0.6 is 0 Å². The number of imidazole rings is 1. The van der Waals surface area contributed by atoms with Gasteiger partial charge in [0.15, 0.2) is 0 Å². The first-order chi connectivity index (χ1) is 17.2. The molecule has 3 aromatic heterocycles. The van der Waals surface area contributed by atoms with E-state index in [0.717, 1.165) is 74.9 Å². The molecule has 35 heavy (non-hydrogen) atoms. The fraction of sp³-hybridized carbons (Fsp3) is 0.400. The van der Waals surface area contributed by atoms with E-state index in [0.29, 0.717) is 24.2 Å². The molecule has 0 bridgehead atoms. The summed E-state index contributed by atoms with van der Waals surface area (Å²) in [6, 6.07) is 7.73. The van der Waals surface area contributed by atoms with Gasteiger partial charge in [-0.15, -0.1) is 0 Å². The molecule has 0 aromatic carbocycles. The molecule has 0 unspecified atom stereocenters. The number of piperazine rings is 1. The van der Waals surface area contributed by atoms with Crippen LogP contribution in [0, 0.1) is 5.41 Å². The Balaban J connectivity index is 1.28. The highest BCUT2D eigenvalue weighted by atomic mass is 16.3. The van der Waals surface area contributed by atoms with Gasteiger partial charge in [-0.3, -0.25) is 10.3 Å². The van der Waals surface area contributed by atoms with E-state index in [9.17, 15) is 0 Å². The Morgan fingerprint density at radius 1 is 0.971 bits per heavy atom. The van der Waals surface area contributed by atoms with E-state index in [-0.39, 0.29) is 6.61 Å². The van der Waals surface area contributed by atoms with Gasteiger partial charge >= 0.3 is 0 Å². The lowest BCUT2D eigenvalue weighted by Crippen LogP contribution is -2.47. The Morgan fingerprint density at radius 2 is 1.74 bits per heavy atom. The van der Waals surface area contributed by atoms with Gasteiger partial charge < -0.3 is 19.9 Å². The van der Waals surface area contributed by atoms with E-state index >= 15 is 0 Å². The van der Waals surface area contributed by atoms with Crippen molar-refractivity contribution in [3.05, 3.63) is 48.6 Å². The van der Waals surface area contributed by atoms with Gasteiger partial charge in [-0.25, -0.2) is 19.9 Å². The SMILES string of the molecule is N=C(/C=C\c1ncc(-c2cccc(-c3ccnc(N4CCN(CCO)CC4)n3)n2)[nH]1)N1CCCC1. The highest BCUT2D eigenvalue weighted by Gasteiger charge is 2.19. The molecule has 3 aromatic rings. The number of nitrogens with zero attached hydrogens (tertiary/aromatic N) is 7. The van der Waals surface area contributed by atoms with Crippen LogP contribution in [0.3, 0.4) is 0 Å². The maximum atomic E-state index is 9.15. The Bertz CT molecular complexity index is 1180. The molecule has 2 saturated heterocycles. The van der Waals surface area contributed by atoms with Crippen LogP contribution in [0.5, 0.6) is 0 Å². The molecule has 0 atom stereocenters. The summed E-state index contributed by atoms with van der Waals surface area (Å²) in [4.78, 5) is 28.3. The number of aliphatic hydroxyl groups excluding tert-OH is 1. The van der Waals surface area contributed by atoms with Crippen LogP contribution in [0.2, 0.25) is 0 Å². The number of amidine groups is 1. The van der Waals surface area contributed by atoms with Crippen molar-refractivity contribution in [1.29, 1.82) is 5.41 Å². The number of aromatic amines is 1. The van der Waals surface area contributed by atoms with Gasteiger partial charge in [-0.2, -0.15) is 0 Å². The fourth-order valence-electron chi connectivity index (χ4n) is 4.46. The zero-order valence-corrected chi connectivity index (χ0v) is 19.8. The number of likely N-dealkylation sites (tertiary alicyclic amines) is 1. The Morgan fingerprint density at radius 3 is 2.54 bits per heavy atom. The number of hydrogen-bond donors (Lipinski definition) is 3. The van der Waals surface area contributed by atoms with Crippen LogP contribution in [-0.4, -0.2) is 98.1 Å². The van der Waals surface area contributed by atoms with Gasteiger partial charge in [0.1, 0.15) is 11.7 Å². The summed E-state index contributed by atoms with van der Waals surface area (Å²) in [5, 5.41) is 17.4. The van der Waals surface area contributed by atoms with E-state index in [1.54, 1.807) is 18.5 Å². The van der Waals surface area contributed by atoms with Gasteiger partial charge in [-0.1, -0.05) is 6.07 Å². The lowest BCUT2D eigenvalue weighted by molar-refractivity contribution is 0.188. The second kappa shape index (κ2) is 10.7. The maximum Gasteiger partial charge on any atom is 0.225 e. The number of nitrogens with one attached hydrogen (secondary N) is 2. The van der Waals surface area contributed by atoms with E-state index in [1.807, 2.05) is 30.3 Å². The van der Waals surface area contributed by atoms with Crippen molar-refractivity contribution in [2.75, 3.05) is 57.3 Å². The standard InChI is InChI=1S/C25H31N9O/c26-23(33-10-1-2-11-33)6-7-24-28-18-22(30-24)20-5-3-4-19(29-20)21-8-9-27-25(31-21)34-14-12-32(13-15-34)16-17-35/h3-9,18,26,35H,1-2,10-17H2,(H,28,30)/b7-6-,26-23?. The number of β-amino-alcohol motifs (C(OH)–C–C–N with tert-alkyl or cyclic N) is 1. The van der Waals surface area contributed by atoms with Crippen molar-refractivity contribution in [2.45, 2.75) is 12.8 Å². The predicted octanol–water partition coefficient (Wildman–Crippen LogP) is 2.13. The minimum atomic E-state index is 0.185. The van der Waals surface area contributed by atoms with Crippen molar-refractivity contribution in [1.82, 2.24) is 34.7 Å². The Hall–Kier alpha value is -3.63. The summed E-state index contributed by atoms with van der Waals surface area (Å²) >= 11 is 0. The first kappa shape index (κ1) is 23.1. The zero-order chi connectivity index (χ0) is 24.0. The summed E-state index contributed by atoms with van der Waals surface area (Å²) < 4.78 is 0. The summed E-state index contributed by atoms with van der Waals surface area (Å²) in [5.74, 6) is 1.92. The van der Waals surface area contributed by atoms with Crippen molar-refractivity contribution in [3.63, 3.8) is 0 Å². The van der Waals surface area contributed by atoms with Crippen LogP contribution in [0.1, 0.15) is 18.7 Å². The van der Waals surface area contributed by atoms with Crippen molar-refractivity contribution in [3.8, 4) is 22.8 Å². The average molecular weight is 474 g/mol. The average Bonchev–Trinajstić information content (AvgIpc) is 3.61. The molecule has 0 amide bonds. The second-order valence-corrected chi connectivity index (χ2v) is 8.80. The molecule has 2 fully saturated rings. The van der Waals surface area contributed by atoms with E-state index in [1.165, 1.54) is 0 Å². The second-order valence-electron chi connectivity index (χ2n) is 8.80. The summed E-state index contributed by atoms with van der Waals surface area (Å²) in [5.41, 5.74) is 3.14. The highest BCUT2D eigenvalue weighted by Crippen LogP contribution is 2.22. The molecule has 2 aliphatic heterocycles. The molecule has 10 nitrogen and oxygen atoms in total. The van der Waals surface area contributed by atoms with Crippen LogP contribution in [0.4, 0.5) is 5.95 Å². The Kier molecular flexibility index (Phi) is 7.10. The molecular weight excluding hydrogens is 442 g/mol. The van der Waals surface area contributed by atoms with Gasteiger partial charge in [0.25, 0.3) is 0 Å². The van der Waals surface area contributed by atoms with Gasteiger partial charge in [0, 0.05) is 52.0 Å². The maximum absolute atomic E-state index is 9.15. The lowest BCUT2D eigenvalue weighted by atomic mass is 10.2. The number of aromatic nitrogens is 5. The zero-order valence-electron chi connectivity index (χ0n) is 19.8. The Labute approximate surface area is 204 Å². The first-order valence-corrected chi connectivity index (χ1v) is 12.2. The van der Waals surface area contributed by atoms with Crippen LogP contribution in [0.15, 0.2) is 42.7 Å². The normalized spacial score (nSPS) is 16.9. The topological polar surface area (TPSA) is 121 Å². The van der Waals surface area contributed by atoms with Gasteiger partial charge in [0.05, 0.1) is 35.6 Å². The molecule has 0 spiro atoms. The smallest absolute Gasteiger partial charge is 0.225 e. The van der Waals surface area contributed by atoms with Crippen molar-refractivity contribution < 1.29 is 5.11 Å². The molecule has 0 aliphatic carbocycles. The number of H-pyrrole nitrogens is 1. The third-order valence-electron chi connectivity index (χ3n) is 6.44. The quantitative estimate of drug-likeness (QED) is 0.353. The molecule has 5 rings (SSSR count). The van der Waals surface area contributed by atoms with Crippen LogP contribution in [-0.2, 0) is 0 Å². The molecule has 182 valence electrons. The fourth-order valence-corrected chi connectivity index (χ4v) is 4.46. The predicted molar refractivity (Wildman–Crippen MR) is 136 cm³/mol. The third kappa shape index (κ3) is 5.55. The lowest BCUT2D eigenvalue weighted by Gasteiger charge is -2.34.